The second kappa shape index (κ2) is 6.39. The Hall–Kier alpha value is -3.15. The summed E-state index contributed by atoms with van der Waals surface area (Å²) in [6.07, 6.45) is 5.82. The van der Waals surface area contributed by atoms with Gasteiger partial charge in [-0.25, -0.2) is 9.37 Å². The number of nitrogens with zero attached hydrogens (tertiary/aromatic N) is 2. The molecule has 25 heavy (non-hydrogen) atoms. The Morgan fingerprint density at radius 1 is 1.20 bits per heavy atom. The SMILES string of the molecule is COc1cncc(Nc2ncc(-c3cccc(F)c3)c3c2OCC3)c1. The van der Waals surface area contributed by atoms with Crippen molar-refractivity contribution < 1.29 is 13.9 Å². The lowest BCUT2D eigenvalue weighted by Gasteiger charge is -2.13. The van der Waals surface area contributed by atoms with E-state index in [4.69, 9.17) is 9.47 Å². The van der Waals surface area contributed by atoms with Gasteiger partial charge in [0, 0.05) is 29.8 Å². The van der Waals surface area contributed by atoms with Crippen molar-refractivity contribution in [1.29, 1.82) is 0 Å². The molecule has 0 amide bonds. The lowest BCUT2D eigenvalue weighted by atomic mass is 10.00. The largest absolute Gasteiger partial charge is 0.495 e. The molecule has 5 nitrogen and oxygen atoms in total. The number of ether oxygens (including phenoxy) is 2. The fourth-order valence-corrected chi connectivity index (χ4v) is 2.92. The van der Waals surface area contributed by atoms with Crippen molar-refractivity contribution in [2.75, 3.05) is 19.0 Å². The quantitative estimate of drug-likeness (QED) is 0.781. The number of nitrogens with one attached hydrogen (secondary N) is 1. The fourth-order valence-electron chi connectivity index (χ4n) is 2.92. The van der Waals surface area contributed by atoms with Crippen molar-refractivity contribution in [3.8, 4) is 22.6 Å². The molecular weight excluding hydrogens is 321 g/mol. The van der Waals surface area contributed by atoms with Crippen LogP contribution in [0.2, 0.25) is 0 Å². The minimum absolute atomic E-state index is 0.269. The number of halogens is 1. The molecule has 126 valence electrons. The summed E-state index contributed by atoms with van der Waals surface area (Å²) in [6.45, 7) is 0.578. The number of rotatable bonds is 4. The second-order valence-corrected chi connectivity index (χ2v) is 5.68. The van der Waals surface area contributed by atoms with Crippen LogP contribution in [-0.2, 0) is 6.42 Å². The molecule has 0 atom stereocenters. The standard InChI is InChI=1S/C19H16FN3O2/c1-24-15-8-14(9-21-10-15)23-19-18-16(5-6-25-18)17(11-22-19)12-3-2-4-13(20)7-12/h2-4,7-11H,5-6H2,1H3,(H,22,23). The molecule has 1 N–H and O–H groups in total. The predicted molar refractivity (Wildman–Crippen MR) is 92.9 cm³/mol. The van der Waals surface area contributed by atoms with Gasteiger partial charge in [0.1, 0.15) is 11.6 Å². The number of hydrogen-bond acceptors (Lipinski definition) is 5. The first-order valence-corrected chi connectivity index (χ1v) is 7.91. The summed E-state index contributed by atoms with van der Waals surface area (Å²) in [6, 6.07) is 8.34. The molecule has 0 aliphatic carbocycles. The monoisotopic (exact) mass is 337 g/mol. The van der Waals surface area contributed by atoms with E-state index < -0.39 is 0 Å². The number of hydrogen-bond donors (Lipinski definition) is 1. The second-order valence-electron chi connectivity index (χ2n) is 5.68. The minimum Gasteiger partial charge on any atom is -0.495 e. The van der Waals surface area contributed by atoms with Gasteiger partial charge in [-0.1, -0.05) is 12.1 Å². The maximum Gasteiger partial charge on any atom is 0.173 e. The van der Waals surface area contributed by atoms with Crippen LogP contribution in [0.15, 0.2) is 48.9 Å². The summed E-state index contributed by atoms with van der Waals surface area (Å²) in [7, 11) is 1.59. The van der Waals surface area contributed by atoms with Crippen molar-refractivity contribution in [2.45, 2.75) is 6.42 Å². The summed E-state index contributed by atoms with van der Waals surface area (Å²) in [5, 5.41) is 3.22. The van der Waals surface area contributed by atoms with Crippen molar-refractivity contribution in [3.63, 3.8) is 0 Å². The van der Waals surface area contributed by atoms with Crippen LogP contribution in [0, 0.1) is 5.82 Å². The third-order valence-electron chi connectivity index (χ3n) is 4.08. The highest BCUT2D eigenvalue weighted by molar-refractivity contribution is 5.76. The Labute approximate surface area is 144 Å². The number of aromatic nitrogens is 2. The number of benzene rings is 1. The van der Waals surface area contributed by atoms with Crippen molar-refractivity contribution in [3.05, 3.63) is 60.3 Å². The molecule has 1 aliphatic heterocycles. The maximum atomic E-state index is 13.6. The summed E-state index contributed by atoms with van der Waals surface area (Å²) < 4.78 is 24.5. The van der Waals surface area contributed by atoms with E-state index >= 15 is 0 Å². The molecule has 2 aromatic heterocycles. The first kappa shape index (κ1) is 15.4. The van der Waals surface area contributed by atoms with Crippen LogP contribution >= 0.6 is 0 Å². The molecule has 0 fully saturated rings. The molecule has 1 aromatic carbocycles. The molecule has 0 radical (unpaired) electrons. The predicted octanol–water partition coefficient (Wildman–Crippen LogP) is 3.97. The van der Waals surface area contributed by atoms with Crippen molar-refractivity contribution in [2.24, 2.45) is 0 Å². The normalized spacial score (nSPS) is 12.4. The lowest BCUT2D eigenvalue weighted by Crippen LogP contribution is -1.99. The molecule has 0 spiro atoms. The van der Waals surface area contributed by atoms with E-state index in [2.05, 4.69) is 15.3 Å². The molecule has 3 aromatic rings. The van der Waals surface area contributed by atoms with Gasteiger partial charge in [-0.3, -0.25) is 4.98 Å². The zero-order valence-electron chi connectivity index (χ0n) is 13.6. The average Bonchev–Trinajstić information content (AvgIpc) is 3.12. The summed E-state index contributed by atoms with van der Waals surface area (Å²) in [4.78, 5) is 8.60. The Bertz CT molecular complexity index is 930. The van der Waals surface area contributed by atoms with E-state index in [0.29, 0.717) is 23.9 Å². The summed E-state index contributed by atoms with van der Waals surface area (Å²) >= 11 is 0. The summed E-state index contributed by atoms with van der Waals surface area (Å²) in [5.74, 6) is 1.70. The number of methoxy groups -OCH3 is 1. The van der Waals surface area contributed by atoms with Crippen molar-refractivity contribution >= 4 is 11.5 Å². The van der Waals surface area contributed by atoms with Crippen LogP contribution in [0.3, 0.4) is 0 Å². The molecule has 1 aliphatic rings. The molecular formula is C19H16FN3O2. The van der Waals surface area contributed by atoms with Gasteiger partial charge in [0.2, 0.25) is 0 Å². The summed E-state index contributed by atoms with van der Waals surface area (Å²) in [5.41, 5.74) is 3.46. The molecule has 0 unspecified atom stereocenters. The Morgan fingerprint density at radius 3 is 2.96 bits per heavy atom. The average molecular weight is 337 g/mol. The van der Waals surface area contributed by atoms with Gasteiger partial charge in [-0.15, -0.1) is 0 Å². The number of pyridine rings is 2. The highest BCUT2D eigenvalue weighted by Crippen LogP contribution is 2.40. The first-order chi connectivity index (χ1) is 12.2. The minimum atomic E-state index is -0.269. The van der Waals surface area contributed by atoms with Gasteiger partial charge in [-0.2, -0.15) is 0 Å². The molecule has 0 bridgehead atoms. The molecule has 3 heterocycles. The van der Waals surface area contributed by atoms with Crippen LogP contribution in [-0.4, -0.2) is 23.7 Å². The Morgan fingerprint density at radius 2 is 2.12 bits per heavy atom. The van der Waals surface area contributed by atoms with Crippen LogP contribution in [0.4, 0.5) is 15.9 Å². The van der Waals surface area contributed by atoms with Crippen molar-refractivity contribution in [1.82, 2.24) is 9.97 Å². The van der Waals surface area contributed by atoms with Gasteiger partial charge in [0.25, 0.3) is 0 Å². The molecule has 4 rings (SSSR count). The topological polar surface area (TPSA) is 56.3 Å². The zero-order valence-corrected chi connectivity index (χ0v) is 13.6. The lowest BCUT2D eigenvalue weighted by molar-refractivity contribution is 0.357. The highest BCUT2D eigenvalue weighted by atomic mass is 19.1. The smallest absolute Gasteiger partial charge is 0.173 e. The Balaban J connectivity index is 1.72. The highest BCUT2D eigenvalue weighted by Gasteiger charge is 2.22. The number of anilines is 2. The van der Waals surface area contributed by atoms with E-state index in [1.807, 2.05) is 12.1 Å². The van der Waals surface area contributed by atoms with Gasteiger partial charge >= 0.3 is 0 Å². The Kier molecular flexibility index (Phi) is 3.93. The van der Waals surface area contributed by atoms with Crippen LogP contribution in [0.25, 0.3) is 11.1 Å². The number of fused-ring (bicyclic) bond motifs is 1. The molecule has 6 heteroatoms. The van der Waals surface area contributed by atoms with E-state index in [-0.39, 0.29) is 5.82 Å². The molecule has 0 saturated carbocycles. The van der Waals surface area contributed by atoms with Crippen LogP contribution < -0.4 is 14.8 Å². The van der Waals surface area contributed by atoms with Gasteiger partial charge in [-0.05, 0) is 17.7 Å². The van der Waals surface area contributed by atoms with Crippen LogP contribution in [0.1, 0.15) is 5.56 Å². The van der Waals surface area contributed by atoms with Gasteiger partial charge in [0.15, 0.2) is 11.6 Å². The third kappa shape index (κ3) is 2.98. The van der Waals surface area contributed by atoms with Gasteiger partial charge in [0.05, 0.1) is 31.8 Å². The van der Waals surface area contributed by atoms with E-state index in [0.717, 1.165) is 28.8 Å². The fraction of sp³-hybridized carbons (Fsp3) is 0.158. The van der Waals surface area contributed by atoms with Gasteiger partial charge < -0.3 is 14.8 Å². The van der Waals surface area contributed by atoms with E-state index in [1.165, 1.54) is 12.1 Å². The van der Waals surface area contributed by atoms with E-state index in [9.17, 15) is 4.39 Å². The maximum absolute atomic E-state index is 13.6. The van der Waals surface area contributed by atoms with Crippen LogP contribution in [0.5, 0.6) is 11.5 Å². The third-order valence-corrected chi connectivity index (χ3v) is 4.08. The van der Waals surface area contributed by atoms with E-state index in [1.54, 1.807) is 31.8 Å². The zero-order chi connectivity index (χ0) is 17.2. The first-order valence-electron chi connectivity index (χ1n) is 7.91. The molecule has 0 saturated heterocycles.